The second-order valence-corrected chi connectivity index (χ2v) is 9.60. The lowest BCUT2D eigenvalue weighted by Gasteiger charge is -2.23. The molecule has 5 heteroatoms. The molecule has 0 bridgehead atoms. The molecule has 0 radical (unpaired) electrons. The summed E-state index contributed by atoms with van der Waals surface area (Å²) in [6.07, 6.45) is 0. The van der Waals surface area contributed by atoms with E-state index in [0.29, 0.717) is 0 Å². The molecule has 9 heavy (non-hydrogen) atoms. The Morgan fingerprint density at radius 1 is 0.889 bits per heavy atom. The molecular formula is C4H14O3Si2. The highest BCUT2D eigenvalue weighted by Gasteiger charge is 2.30. The highest BCUT2D eigenvalue weighted by Crippen LogP contribution is 2.07. The second-order valence-electron chi connectivity index (χ2n) is 3.00. The highest BCUT2D eigenvalue weighted by molar-refractivity contribution is 6.77. The monoisotopic (exact) mass is 166 g/mol. The molecule has 0 saturated heterocycles. The average Bonchev–Trinajstić information content (AvgIpc) is 1.14. The Morgan fingerprint density at radius 2 is 1.11 bits per heavy atom. The summed E-state index contributed by atoms with van der Waals surface area (Å²) in [5.41, 5.74) is 0. The van der Waals surface area contributed by atoms with E-state index in [1.54, 1.807) is 26.2 Å². The van der Waals surface area contributed by atoms with Gasteiger partial charge in [0.2, 0.25) is 0 Å². The standard InChI is InChI=1S/C4H14O3Si2/c1-8(2,5)7-9(3,4)6/h5-6H,1-4H3. The minimum atomic E-state index is -2.48. The van der Waals surface area contributed by atoms with Crippen molar-refractivity contribution in [3.8, 4) is 0 Å². The van der Waals surface area contributed by atoms with Gasteiger partial charge in [0.25, 0.3) is 0 Å². The van der Waals surface area contributed by atoms with Crippen LogP contribution in [-0.4, -0.2) is 26.7 Å². The first-order valence-corrected chi connectivity index (χ1v) is 8.57. The zero-order valence-corrected chi connectivity index (χ0v) is 8.30. The molecule has 0 spiro atoms. The molecule has 0 atom stereocenters. The summed E-state index contributed by atoms with van der Waals surface area (Å²) in [5, 5.41) is 0. The highest BCUT2D eigenvalue weighted by atomic mass is 28.5. The fourth-order valence-electron chi connectivity index (χ4n) is 0.611. The summed E-state index contributed by atoms with van der Waals surface area (Å²) in [6.45, 7) is 6.55. The molecule has 0 unspecified atom stereocenters. The SMILES string of the molecule is C[Si](C)(O)O[Si](C)(C)O. The van der Waals surface area contributed by atoms with Crippen LogP contribution in [0.5, 0.6) is 0 Å². The molecule has 0 aromatic rings. The van der Waals surface area contributed by atoms with Crippen molar-refractivity contribution in [2.45, 2.75) is 26.2 Å². The molecule has 0 aliphatic heterocycles. The van der Waals surface area contributed by atoms with Crippen LogP contribution in [0, 0.1) is 0 Å². The van der Waals surface area contributed by atoms with Gasteiger partial charge in [0.05, 0.1) is 0 Å². The maximum Gasteiger partial charge on any atom is 0.320 e. The van der Waals surface area contributed by atoms with Crippen LogP contribution in [0.4, 0.5) is 0 Å². The quantitative estimate of drug-likeness (QED) is 0.584. The Bertz CT molecular complexity index is 79.0. The zero-order chi connectivity index (χ0) is 7.71. The molecule has 0 saturated carbocycles. The normalized spacial score (nSPS) is 14.0. The molecule has 0 aliphatic carbocycles. The number of hydrogen-bond acceptors (Lipinski definition) is 3. The summed E-state index contributed by atoms with van der Waals surface area (Å²) < 4.78 is 5.01. The first-order chi connectivity index (χ1) is 3.71. The molecule has 0 aliphatic rings. The van der Waals surface area contributed by atoms with E-state index in [1.807, 2.05) is 0 Å². The van der Waals surface area contributed by atoms with E-state index in [1.165, 1.54) is 0 Å². The van der Waals surface area contributed by atoms with Gasteiger partial charge in [-0.25, -0.2) is 0 Å². The summed E-state index contributed by atoms with van der Waals surface area (Å²) in [6, 6.07) is 0. The van der Waals surface area contributed by atoms with Crippen molar-refractivity contribution in [1.82, 2.24) is 0 Å². The lowest BCUT2D eigenvalue weighted by molar-refractivity contribution is 0.322. The van der Waals surface area contributed by atoms with E-state index in [9.17, 15) is 0 Å². The van der Waals surface area contributed by atoms with Gasteiger partial charge in [0.1, 0.15) is 0 Å². The van der Waals surface area contributed by atoms with Crippen molar-refractivity contribution in [2.75, 3.05) is 0 Å². The molecular weight excluding hydrogens is 152 g/mol. The van der Waals surface area contributed by atoms with E-state index in [0.717, 1.165) is 0 Å². The van der Waals surface area contributed by atoms with Crippen molar-refractivity contribution < 1.29 is 13.7 Å². The summed E-state index contributed by atoms with van der Waals surface area (Å²) in [5.74, 6) is 0. The zero-order valence-electron chi connectivity index (χ0n) is 6.30. The van der Waals surface area contributed by atoms with Gasteiger partial charge in [-0.05, 0) is 26.2 Å². The van der Waals surface area contributed by atoms with E-state index in [-0.39, 0.29) is 0 Å². The predicted molar refractivity (Wildman–Crippen MR) is 40.5 cm³/mol. The van der Waals surface area contributed by atoms with E-state index >= 15 is 0 Å². The van der Waals surface area contributed by atoms with E-state index in [2.05, 4.69) is 0 Å². The summed E-state index contributed by atoms with van der Waals surface area (Å²) >= 11 is 0. The van der Waals surface area contributed by atoms with E-state index in [4.69, 9.17) is 13.7 Å². The van der Waals surface area contributed by atoms with Gasteiger partial charge in [-0.3, -0.25) is 0 Å². The van der Waals surface area contributed by atoms with Gasteiger partial charge < -0.3 is 13.7 Å². The maximum absolute atomic E-state index is 9.14. The van der Waals surface area contributed by atoms with Crippen LogP contribution in [0.15, 0.2) is 0 Å². The van der Waals surface area contributed by atoms with Crippen LogP contribution in [0.25, 0.3) is 0 Å². The van der Waals surface area contributed by atoms with Gasteiger partial charge in [-0.15, -0.1) is 0 Å². The van der Waals surface area contributed by atoms with Gasteiger partial charge in [0, 0.05) is 0 Å². The largest absolute Gasteiger partial charge is 0.415 e. The molecule has 0 rings (SSSR count). The van der Waals surface area contributed by atoms with Crippen molar-refractivity contribution in [3.05, 3.63) is 0 Å². The van der Waals surface area contributed by atoms with Crippen molar-refractivity contribution in [1.29, 1.82) is 0 Å². The van der Waals surface area contributed by atoms with Crippen molar-refractivity contribution in [3.63, 3.8) is 0 Å². The first-order valence-electron chi connectivity index (χ1n) is 2.86. The number of hydrogen-bond donors (Lipinski definition) is 2. The minimum absolute atomic E-state index is 1.64. The Hall–Kier alpha value is 0.314. The van der Waals surface area contributed by atoms with Crippen molar-refractivity contribution in [2.24, 2.45) is 0 Å². The van der Waals surface area contributed by atoms with Gasteiger partial charge in [0.15, 0.2) is 0 Å². The topological polar surface area (TPSA) is 49.7 Å². The van der Waals surface area contributed by atoms with Crippen LogP contribution in [0.1, 0.15) is 0 Å². The third-order valence-corrected chi connectivity index (χ3v) is 4.50. The average molecular weight is 166 g/mol. The van der Waals surface area contributed by atoms with Crippen LogP contribution >= 0.6 is 0 Å². The Kier molecular flexibility index (Phi) is 2.60. The van der Waals surface area contributed by atoms with Gasteiger partial charge >= 0.3 is 17.1 Å². The molecule has 0 heterocycles. The smallest absolute Gasteiger partial charge is 0.320 e. The third-order valence-electron chi connectivity index (χ3n) is 0.500. The minimum Gasteiger partial charge on any atom is -0.415 e. The molecule has 0 aromatic carbocycles. The fourth-order valence-corrected chi connectivity index (χ4v) is 5.50. The molecule has 3 nitrogen and oxygen atoms in total. The Morgan fingerprint density at radius 3 is 1.11 bits per heavy atom. The second kappa shape index (κ2) is 2.51. The third kappa shape index (κ3) is 8.31. The Labute approximate surface area is 57.8 Å². The van der Waals surface area contributed by atoms with Gasteiger partial charge in [-0.1, -0.05) is 0 Å². The summed E-state index contributed by atoms with van der Waals surface area (Å²) in [7, 11) is -4.96. The first kappa shape index (κ1) is 9.31. The molecule has 0 fully saturated rings. The van der Waals surface area contributed by atoms with Crippen LogP contribution in [0.2, 0.25) is 26.2 Å². The number of rotatable bonds is 2. The van der Waals surface area contributed by atoms with Crippen LogP contribution < -0.4 is 0 Å². The van der Waals surface area contributed by atoms with Crippen molar-refractivity contribution >= 4 is 17.1 Å². The molecule has 56 valence electrons. The molecule has 0 aromatic heterocycles. The van der Waals surface area contributed by atoms with E-state index < -0.39 is 17.1 Å². The fraction of sp³-hybridized carbons (Fsp3) is 1.00. The lowest BCUT2D eigenvalue weighted by Crippen LogP contribution is -2.44. The molecule has 0 amide bonds. The lowest BCUT2D eigenvalue weighted by atomic mass is 11.9. The van der Waals surface area contributed by atoms with Gasteiger partial charge in [-0.2, -0.15) is 0 Å². The van der Waals surface area contributed by atoms with Crippen LogP contribution in [-0.2, 0) is 4.12 Å². The summed E-state index contributed by atoms with van der Waals surface area (Å²) in [4.78, 5) is 18.3. The predicted octanol–water partition coefficient (Wildman–Crippen LogP) is 0.391. The van der Waals surface area contributed by atoms with Crippen LogP contribution in [0.3, 0.4) is 0 Å². The maximum atomic E-state index is 9.14. The molecule has 2 N–H and O–H groups in total. The Balaban J connectivity index is 3.75.